The summed E-state index contributed by atoms with van der Waals surface area (Å²) >= 11 is 0. The third-order valence-electron chi connectivity index (χ3n) is 3.30. The van der Waals surface area contributed by atoms with E-state index in [4.69, 9.17) is 4.52 Å². The molecule has 1 fully saturated rings. The van der Waals surface area contributed by atoms with Gasteiger partial charge in [0, 0.05) is 12.5 Å². The Morgan fingerprint density at radius 2 is 2.17 bits per heavy atom. The third kappa shape index (κ3) is 2.76. The molecule has 1 aliphatic rings. The van der Waals surface area contributed by atoms with E-state index in [1.54, 1.807) is 0 Å². The predicted octanol–water partition coefficient (Wildman–Crippen LogP) is 1.95. The van der Waals surface area contributed by atoms with Crippen LogP contribution in [0.15, 0.2) is 34.9 Å². The lowest BCUT2D eigenvalue weighted by atomic mass is 10.1. The number of aromatic nitrogens is 2. The normalized spacial score (nSPS) is 19.2. The zero-order chi connectivity index (χ0) is 12.2. The van der Waals surface area contributed by atoms with Crippen molar-refractivity contribution in [1.29, 1.82) is 0 Å². The fourth-order valence-electron chi connectivity index (χ4n) is 2.37. The van der Waals surface area contributed by atoms with Gasteiger partial charge in [-0.05, 0) is 24.9 Å². The lowest BCUT2D eigenvalue weighted by Gasteiger charge is -2.04. The Bertz CT molecular complexity index is 489. The topological polar surface area (TPSA) is 51.0 Å². The summed E-state index contributed by atoms with van der Waals surface area (Å²) in [5.74, 6) is 1.52. The van der Waals surface area contributed by atoms with E-state index < -0.39 is 0 Å². The summed E-state index contributed by atoms with van der Waals surface area (Å²) in [6, 6.07) is 10.7. The molecule has 1 unspecified atom stereocenters. The summed E-state index contributed by atoms with van der Waals surface area (Å²) in [5.41, 5.74) is 1.20. The fraction of sp³-hybridized carbons (Fsp3) is 0.429. The second-order valence-corrected chi connectivity index (χ2v) is 4.76. The average molecular weight is 243 g/mol. The second kappa shape index (κ2) is 5.31. The number of nitrogens with one attached hydrogen (secondary N) is 1. The van der Waals surface area contributed by atoms with Crippen molar-refractivity contribution in [1.82, 2.24) is 15.5 Å². The smallest absolute Gasteiger partial charge is 0.231 e. The van der Waals surface area contributed by atoms with Crippen LogP contribution in [-0.4, -0.2) is 22.7 Å². The first-order valence-corrected chi connectivity index (χ1v) is 6.49. The van der Waals surface area contributed by atoms with E-state index >= 15 is 0 Å². The molecule has 0 aliphatic carbocycles. The highest BCUT2D eigenvalue weighted by Gasteiger charge is 2.17. The molecule has 0 amide bonds. The van der Waals surface area contributed by atoms with Crippen LogP contribution in [0.5, 0.6) is 0 Å². The summed E-state index contributed by atoms with van der Waals surface area (Å²) in [5, 5.41) is 7.49. The molecule has 0 saturated carbocycles. The Labute approximate surface area is 106 Å². The van der Waals surface area contributed by atoms with Gasteiger partial charge in [0.2, 0.25) is 5.89 Å². The van der Waals surface area contributed by atoms with Crippen LogP contribution in [0.4, 0.5) is 0 Å². The van der Waals surface area contributed by atoms with Crippen LogP contribution in [0.3, 0.4) is 0 Å². The molecule has 4 heteroatoms. The van der Waals surface area contributed by atoms with Gasteiger partial charge in [0.05, 0.1) is 6.42 Å². The van der Waals surface area contributed by atoms with Crippen LogP contribution >= 0.6 is 0 Å². The standard InChI is InChI=1S/C14H17N3O/c1-2-5-11(6-3-1)9-14-16-13(17-18-14)10-12-7-4-8-15-12/h1-3,5-6,12,15H,4,7-10H2. The van der Waals surface area contributed by atoms with E-state index in [1.165, 1.54) is 18.4 Å². The molecule has 2 aromatic rings. The minimum absolute atomic E-state index is 0.521. The first-order valence-electron chi connectivity index (χ1n) is 6.49. The largest absolute Gasteiger partial charge is 0.339 e. The van der Waals surface area contributed by atoms with E-state index in [0.29, 0.717) is 18.4 Å². The maximum atomic E-state index is 5.29. The molecular weight excluding hydrogens is 226 g/mol. The van der Waals surface area contributed by atoms with Gasteiger partial charge in [-0.1, -0.05) is 35.5 Å². The van der Waals surface area contributed by atoms with Crippen molar-refractivity contribution in [2.45, 2.75) is 31.7 Å². The summed E-state index contributed by atoms with van der Waals surface area (Å²) in [7, 11) is 0. The summed E-state index contributed by atoms with van der Waals surface area (Å²) in [6.07, 6.45) is 4.05. The van der Waals surface area contributed by atoms with Gasteiger partial charge in [-0.15, -0.1) is 0 Å². The van der Waals surface area contributed by atoms with Gasteiger partial charge >= 0.3 is 0 Å². The Hall–Kier alpha value is -1.68. The maximum absolute atomic E-state index is 5.29. The second-order valence-electron chi connectivity index (χ2n) is 4.76. The van der Waals surface area contributed by atoms with Gasteiger partial charge in [-0.25, -0.2) is 0 Å². The van der Waals surface area contributed by atoms with E-state index in [1.807, 2.05) is 18.2 Å². The Morgan fingerprint density at radius 1 is 1.28 bits per heavy atom. The van der Waals surface area contributed by atoms with Gasteiger partial charge in [0.15, 0.2) is 5.82 Å². The molecule has 0 spiro atoms. The molecule has 3 rings (SSSR count). The van der Waals surface area contributed by atoms with Crippen molar-refractivity contribution in [3.63, 3.8) is 0 Å². The number of rotatable bonds is 4. The summed E-state index contributed by atoms with van der Waals surface area (Å²) in [6.45, 7) is 1.11. The molecule has 4 nitrogen and oxygen atoms in total. The Kier molecular flexibility index (Phi) is 3.37. The van der Waals surface area contributed by atoms with Gasteiger partial charge in [0.25, 0.3) is 0 Å². The van der Waals surface area contributed by atoms with Crippen molar-refractivity contribution >= 4 is 0 Å². The number of hydrogen-bond donors (Lipinski definition) is 1. The fourth-order valence-corrected chi connectivity index (χ4v) is 2.37. The van der Waals surface area contributed by atoms with Crippen molar-refractivity contribution < 1.29 is 4.52 Å². The van der Waals surface area contributed by atoms with E-state index in [0.717, 1.165) is 18.8 Å². The van der Waals surface area contributed by atoms with E-state index in [9.17, 15) is 0 Å². The number of hydrogen-bond acceptors (Lipinski definition) is 4. The van der Waals surface area contributed by atoms with Crippen LogP contribution < -0.4 is 5.32 Å². The summed E-state index contributed by atoms with van der Waals surface area (Å²) in [4.78, 5) is 4.45. The first kappa shape index (κ1) is 11.4. The van der Waals surface area contributed by atoms with Gasteiger partial charge in [0.1, 0.15) is 0 Å². The van der Waals surface area contributed by atoms with Crippen LogP contribution in [0, 0.1) is 0 Å². The van der Waals surface area contributed by atoms with Crippen LogP contribution in [0.1, 0.15) is 30.1 Å². The zero-order valence-corrected chi connectivity index (χ0v) is 10.3. The molecule has 18 heavy (non-hydrogen) atoms. The molecule has 1 atom stereocenters. The lowest BCUT2D eigenvalue weighted by molar-refractivity contribution is 0.377. The lowest BCUT2D eigenvalue weighted by Crippen LogP contribution is -2.24. The predicted molar refractivity (Wildman–Crippen MR) is 68.3 cm³/mol. The van der Waals surface area contributed by atoms with Crippen LogP contribution in [0.25, 0.3) is 0 Å². The molecule has 1 aromatic carbocycles. The molecule has 1 saturated heterocycles. The SMILES string of the molecule is c1ccc(Cc2nc(CC3CCCN3)no2)cc1. The molecule has 2 heterocycles. The quantitative estimate of drug-likeness (QED) is 0.891. The molecule has 0 radical (unpaired) electrons. The molecule has 0 bridgehead atoms. The van der Waals surface area contributed by atoms with Crippen molar-refractivity contribution in [3.8, 4) is 0 Å². The van der Waals surface area contributed by atoms with Gasteiger partial charge in [-0.2, -0.15) is 4.98 Å². The monoisotopic (exact) mass is 243 g/mol. The zero-order valence-electron chi connectivity index (χ0n) is 10.3. The number of benzene rings is 1. The van der Waals surface area contributed by atoms with Crippen LogP contribution in [0.2, 0.25) is 0 Å². The first-order chi connectivity index (χ1) is 8.90. The Balaban J connectivity index is 1.62. The molecule has 94 valence electrons. The highest BCUT2D eigenvalue weighted by Crippen LogP contribution is 2.12. The number of nitrogens with zero attached hydrogens (tertiary/aromatic N) is 2. The minimum atomic E-state index is 0.521. The molecule has 1 aliphatic heterocycles. The van der Waals surface area contributed by atoms with Gasteiger partial charge < -0.3 is 9.84 Å². The van der Waals surface area contributed by atoms with Crippen molar-refractivity contribution in [2.75, 3.05) is 6.54 Å². The molecular formula is C14H17N3O. The highest BCUT2D eigenvalue weighted by atomic mass is 16.5. The van der Waals surface area contributed by atoms with E-state index in [2.05, 4.69) is 27.6 Å². The average Bonchev–Trinajstić information content (AvgIpc) is 3.03. The third-order valence-corrected chi connectivity index (χ3v) is 3.30. The molecule has 1 N–H and O–H groups in total. The van der Waals surface area contributed by atoms with Crippen molar-refractivity contribution in [2.24, 2.45) is 0 Å². The minimum Gasteiger partial charge on any atom is -0.339 e. The Morgan fingerprint density at radius 3 is 2.94 bits per heavy atom. The maximum Gasteiger partial charge on any atom is 0.231 e. The van der Waals surface area contributed by atoms with Crippen LogP contribution in [-0.2, 0) is 12.8 Å². The van der Waals surface area contributed by atoms with Crippen molar-refractivity contribution in [3.05, 3.63) is 47.6 Å². The van der Waals surface area contributed by atoms with E-state index in [-0.39, 0.29) is 0 Å². The highest BCUT2D eigenvalue weighted by molar-refractivity contribution is 5.17. The summed E-state index contributed by atoms with van der Waals surface area (Å²) < 4.78 is 5.29. The molecule has 1 aromatic heterocycles. The van der Waals surface area contributed by atoms with Gasteiger partial charge in [-0.3, -0.25) is 0 Å².